The number of hydrogen-bond donors (Lipinski definition) is 1. The molecule has 0 aliphatic heterocycles. The third-order valence-electron chi connectivity index (χ3n) is 4.08. The van der Waals surface area contributed by atoms with Crippen LogP contribution in [-0.2, 0) is 17.6 Å². The number of hydrogen-bond acceptors (Lipinski definition) is 3. The summed E-state index contributed by atoms with van der Waals surface area (Å²) in [5.74, 6) is -1.25. The van der Waals surface area contributed by atoms with Gasteiger partial charge in [-0.05, 0) is 29.8 Å². The van der Waals surface area contributed by atoms with E-state index in [4.69, 9.17) is 4.74 Å². The Kier molecular flexibility index (Phi) is 6.51. The third kappa shape index (κ3) is 5.80. The highest BCUT2D eigenvalue weighted by Gasteiger charge is 2.30. The van der Waals surface area contributed by atoms with Crippen molar-refractivity contribution in [1.29, 1.82) is 0 Å². The van der Waals surface area contributed by atoms with Gasteiger partial charge in [0, 0.05) is 26.4 Å². The molecule has 1 heterocycles. The maximum Gasteiger partial charge on any atom is 0.416 e. The van der Waals surface area contributed by atoms with Crippen molar-refractivity contribution in [3.63, 3.8) is 0 Å². The van der Waals surface area contributed by atoms with E-state index in [1.54, 1.807) is 0 Å². The first-order valence-electron chi connectivity index (χ1n) is 8.62. The Balaban J connectivity index is 2.35. The minimum Gasteiger partial charge on any atom is -0.478 e. The van der Waals surface area contributed by atoms with Gasteiger partial charge in [0.25, 0.3) is 5.56 Å². The number of alkyl halides is 3. The molecule has 9 heteroatoms. The van der Waals surface area contributed by atoms with Crippen molar-refractivity contribution in [3.8, 4) is 11.1 Å². The van der Waals surface area contributed by atoms with Gasteiger partial charge < -0.3 is 9.84 Å². The fourth-order valence-electron chi connectivity index (χ4n) is 2.44. The van der Waals surface area contributed by atoms with Gasteiger partial charge in [0.05, 0.1) is 11.1 Å². The van der Waals surface area contributed by atoms with Crippen LogP contribution in [-0.4, -0.2) is 30.3 Å². The molecule has 1 N–H and O–H groups in total. The largest absolute Gasteiger partial charge is 0.478 e. The highest BCUT2D eigenvalue weighted by Crippen LogP contribution is 2.30. The van der Waals surface area contributed by atoms with Crippen molar-refractivity contribution in [3.05, 3.63) is 58.0 Å². The minimum atomic E-state index is -4.49. The summed E-state index contributed by atoms with van der Waals surface area (Å²) in [6.07, 6.45) is -3.32. The predicted molar refractivity (Wildman–Crippen MR) is 102 cm³/mol. The molecule has 28 heavy (non-hydrogen) atoms. The number of aromatic nitrogens is 1. The van der Waals surface area contributed by atoms with Crippen molar-refractivity contribution in [2.45, 2.75) is 38.6 Å². The second kappa shape index (κ2) is 8.32. The Morgan fingerprint density at radius 1 is 1.18 bits per heavy atom. The quantitative estimate of drug-likeness (QED) is 0.534. The smallest absolute Gasteiger partial charge is 0.416 e. The lowest BCUT2D eigenvalue weighted by atomic mass is 10.0. The Morgan fingerprint density at radius 2 is 1.79 bits per heavy atom. The summed E-state index contributed by atoms with van der Waals surface area (Å²) >= 11 is 0. The highest BCUT2D eigenvalue weighted by molar-refractivity contribution is 6.76. The Hall–Kier alpha value is -2.39. The van der Waals surface area contributed by atoms with Gasteiger partial charge in [-0.15, -0.1) is 0 Å². The van der Waals surface area contributed by atoms with E-state index in [9.17, 15) is 27.9 Å². The minimum absolute atomic E-state index is 0.00224. The monoisotopic (exact) mass is 413 g/mol. The normalized spacial score (nSPS) is 12.2. The summed E-state index contributed by atoms with van der Waals surface area (Å²) < 4.78 is 44.9. The average Bonchev–Trinajstić information content (AvgIpc) is 2.58. The van der Waals surface area contributed by atoms with Crippen LogP contribution in [0, 0.1) is 0 Å². The number of rotatable bonds is 7. The number of ether oxygens (including phenoxy) is 1. The lowest BCUT2D eigenvalue weighted by Gasteiger charge is -2.16. The van der Waals surface area contributed by atoms with Crippen molar-refractivity contribution >= 4 is 14.0 Å². The number of carboxylic acids is 1. The van der Waals surface area contributed by atoms with Crippen LogP contribution >= 0.6 is 0 Å². The molecular formula is C19H22F3NO4Si. The van der Waals surface area contributed by atoms with Gasteiger partial charge in [-0.25, -0.2) is 4.79 Å². The first-order valence-corrected chi connectivity index (χ1v) is 12.3. The summed E-state index contributed by atoms with van der Waals surface area (Å²) in [6, 6.07) is 6.06. The number of carboxylic acid groups (broad SMARTS) is 1. The van der Waals surface area contributed by atoms with Gasteiger partial charge in [-0.3, -0.25) is 9.36 Å². The zero-order valence-electron chi connectivity index (χ0n) is 15.8. The van der Waals surface area contributed by atoms with E-state index >= 15 is 0 Å². The van der Waals surface area contributed by atoms with Crippen LogP contribution in [0.25, 0.3) is 11.1 Å². The molecule has 1 aromatic carbocycles. The Morgan fingerprint density at radius 3 is 2.29 bits per heavy atom. The molecule has 0 spiro atoms. The van der Waals surface area contributed by atoms with Gasteiger partial charge in [0.1, 0.15) is 6.73 Å². The molecule has 0 saturated heterocycles. The van der Waals surface area contributed by atoms with Gasteiger partial charge in [0.15, 0.2) is 0 Å². The van der Waals surface area contributed by atoms with E-state index in [1.165, 1.54) is 6.20 Å². The summed E-state index contributed by atoms with van der Waals surface area (Å²) in [4.78, 5) is 24.1. The fraction of sp³-hybridized carbons (Fsp3) is 0.368. The summed E-state index contributed by atoms with van der Waals surface area (Å²) in [5.41, 5.74) is -1.32. The third-order valence-corrected chi connectivity index (χ3v) is 5.79. The van der Waals surface area contributed by atoms with Crippen LogP contribution in [0.2, 0.25) is 25.7 Å². The van der Waals surface area contributed by atoms with Crippen LogP contribution in [0.3, 0.4) is 0 Å². The van der Waals surface area contributed by atoms with Gasteiger partial charge in [-0.2, -0.15) is 13.2 Å². The number of carbonyl (C=O) groups is 1. The predicted octanol–water partition coefficient (Wildman–Crippen LogP) is 4.54. The molecule has 0 unspecified atom stereocenters. The van der Waals surface area contributed by atoms with Crippen molar-refractivity contribution in [1.82, 2.24) is 4.57 Å². The van der Waals surface area contributed by atoms with Gasteiger partial charge in [-0.1, -0.05) is 31.8 Å². The fourth-order valence-corrected chi connectivity index (χ4v) is 3.19. The van der Waals surface area contributed by atoms with Crippen LogP contribution in [0.5, 0.6) is 0 Å². The number of pyridine rings is 1. The summed E-state index contributed by atoms with van der Waals surface area (Å²) in [7, 11) is -1.32. The maximum absolute atomic E-state index is 12.7. The Labute approximate surface area is 161 Å². The molecule has 0 aliphatic carbocycles. The molecule has 0 aliphatic rings. The molecule has 2 aromatic rings. The summed E-state index contributed by atoms with van der Waals surface area (Å²) in [6.45, 7) is 6.84. The van der Waals surface area contributed by atoms with Crippen LogP contribution in [0.15, 0.2) is 41.3 Å². The number of benzene rings is 1. The lowest BCUT2D eigenvalue weighted by molar-refractivity contribution is -0.137. The van der Waals surface area contributed by atoms with E-state index in [0.29, 0.717) is 6.61 Å². The molecular weight excluding hydrogens is 391 g/mol. The Bertz CT molecular complexity index is 899. The molecule has 0 amide bonds. The van der Waals surface area contributed by atoms with Crippen molar-refractivity contribution in [2.24, 2.45) is 0 Å². The molecule has 0 saturated carbocycles. The van der Waals surface area contributed by atoms with E-state index in [1.807, 2.05) is 0 Å². The molecule has 0 atom stereocenters. The van der Waals surface area contributed by atoms with E-state index in [2.05, 4.69) is 19.6 Å². The van der Waals surface area contributed by atoms with E-state index in [-0.39, 0.29) is 23.4 Å². The molecule has 0 radical (unpaired) electrons. The highest BCUT2D eigenvalue weighted by atomic mass is 28.3. The van der Waals surface area contributed by atoms with Crippen LogP contribution in [0.1, 0.15) is 15.9 Å². The van der Waals surface area contributed by atoms with Crippen molar-refractivity contribution in [2.75, 3.05) is 6.61 Å². The van der Waals surface area contributed by atoms with E-state index < -0.39 is 31.3 Å². The standard InChI is InChI=1S/C19H22F3NO4Si/c1-28(2,3)9-8-27-12-23-11-14(18(25)26)10-16(17(23)24)13-4-6-15(7-5-13)19(20,21)22/h4-7,10-11H,8-9,12H2,1-3H3,(H,25,26). The second-order valence-electron chi connectivity index (χ2n) is 7.65. The summed E-state index contributed by atoms with van der Waals surface area (Å²) in [5, 5.41) is 9.30. The number of halogens is 3. The van der Waals surface area contributed by atoms with Crippen LogP contribution < -0.4 is 5.56 Å². The second-order valence-corrected chi connectivity index (χ2v) is 13.3. The van der Waals surface area contributed by atoms with Gasteiger partial charge in [0.2, 0.25) is 0 Å². The number of nitrogens with zero attached hydrogens (tertiary/aromatic N) is 1. The zero-order valence-corrected chi connectivity index (χ0v) is 16.8. The van der Waals surface area contributed by atoms with Gasteiger partial charge >= 0.3 is 12.1 Å². The first-order chi connectivity index (χ1) is 12.9. The molecule has 0 fully saturated rings. The average molecular weight is 413 g/mol. The maximum atomic E-state index is 12.7. The SMILES string of the molecule is C[Si](C)(C)CCOCn1cc(C(=O)O)cc(-c2ccc(C(F)(F)F)cc2)c1=O. The molecule has 0 bridgehead atoms. The van der Waals surface area contributed by atoms with E-state index in [0.717, 1.165) is 40.9 Å². The molecule has 1 aromatic heterocycles. The zero-order chi connectivity index (χ0) is 21.1. The van der Waals surface area contributed by atoms with Crippen LogP contribution in [0.4, 0.5) is 13.2 Å². The lowest BCUT2D eigenvalue weighted by Crippen LogP contribution is -2.26. The first kappa shape index (κ1) is 21.9. The molecule has 5 nitrogen and oxygen atoms in total. The molecule has 152 valence electrons. The topological polar surface area (TPSA) is 68.5 Å². The number of aromatic carboxylic acids is 1. The van der Waals surface area contributed by atoms with Crippen molar-refractivity contribution < 1.29 is 27.8 Å². The molecule has 2 rings (SSSR count).